The summed E-state index contributed by atoms with van der Waals surface area (Å²) in [4.78, 5) is 0. The normalized spacial score (nSPS) is 19.2. The summed E-state index contributed by atoms with van der Waals surface area (Å²) in [5.74, 6) is 1.26. The van der Waals surface area contributed by atoms with Crippen molar-refractivity contribution in [2.75, 3.05) is 0 Å². The minimum absolute atomic E-state index is 0.117. The van der Waals surface area contributed by atoms with Crippen LogP contribution in [0, 0.1) is 0 Å². The fourth-order valence-corrected chi connectivity index (χ4v) is 4.36. The van der Waals surface area contributed by atoms with Crippen molar-refractivity contribution in [3.8, 4) is 11.5 Å². The summed E-state index contributed by atoms with van der Waals surface area (Å²) in [6.07, 6.45) is 20.5. The molecule has 1 aromatic rings. The van der Waals surface area contributed by atoms with E-state index in [2.05, 4.69) is 65.8 Å². The van der Waals surface area contributed by atoms with Gasteiger partial charge in [-0.05, 0) is 130 Å². The summed E-state index contributed by atoms with van der Waals surface area (Å²) in [5, 5.41) is 9.66. The van der Waals surface area contributed by atoms with Crippen molar-refractivity contribution in [2.45, 2.75) is 111 Å². The molecule has 0 bridgehead atoms. The lowest BCUT2D eigenvalue weighted by atomic mass is 9.88. The van der Waals surface area contributed by atoms with Crippen LogP contribution in [0.15, 0.2) is 64.8 Å². The van der Waals surface area contributed by atoms with Crippen molar-refractivity contribution in [3.63, 3.8) is 0 Å². The molecule has 2 heteroatoms. The van der Waals surface area contributed by atoms with Crippen molar-refractivity contribution in [3.05, 3.63) is 70.4 Å². The number of hydrogen-bond donors (Lipinski definition) is 1. The number of fused-ring (bicyclic) bond motifs is 1. The van der Waals surface area contributed by atoms with E-state index >= 15 is 0 Å². The highest BCUT2D eigenvalue weighted by Crippen LogP contribution is 2.37. The SMILES string of the molecule is CC(C)=CCCC(C)=CCCC(C)=CCCC(C)=CCC[C@@]1(C)CCc2cc(O)ccc2O1. The van der Waals surface area contributed by atoms with Crippen molar-refractivity contribution in [1.82, 2.24) is 0 Å². The van der Waals surface area contributed by atoms with Crippen LogP contribution >= 0.6 is 0 Å². The number of phenols is 1. The third-order valence-electron chi connectivity index (χ3n) is 6.64. The fraction of sp³-hybridized carbons (Fsp3) is 0.548. The summed E-state index contributed by atoms with van der Waals surface area (Å²) in [7, 11) is 0. The van der Waals surface area contributed by atoms with Crippen LogP contribution in [0.2, 0.25) is 0 Å². The molecule has 0 unspecified atom stereocenters. The number of aromatic hydroxyl groups is 1. The number of allylic oxidation sites excluding steroid dienone is 8. The van der Waals surface area contributed by atoms with Gasteiger partial charge in [0.15, 0.2) is 0 Å². The highest BCUT2D eigenvalue weighted by atomic mass is 16.5. The van der Waals surface area contributed by atoms with Gasteiger partial charge < -0.3 is 9.84 Å². The third kappa shape index (κ3) is 10.5. The van der Waals surface area contributed by atoms with Gasteiger partial charge in [-0.3, -0.25) is 0 Å². The lowest BCUT2D eigenvalue weighted by Crippen LogP contribution is -2.36. The molecular formula is C31H46O2. The second-order valence-electron chi connectivity index (χ2n) is 10.4. The molecule has 1 atom stereocenters. The molecular weight excluding hydrogens is 404 g/mol. The Morgan fingerprint density at radius 3 is 1.97 bits per heavy atom. The van der Waals surface area contributed by atoms with Crippen molar-refractivity contribution >= 4 is 0 Å². The summed E-state index contributed by atoms with van der Waals surface area (Å²) < 4.78 is 6.30. The average Bonchev–Trinajstić information content (AvgIpc) is 2.73. The number of benzene rings is 1. The molecule has 0 spiro atoms. The molecule has 33 heavy (non-hydrogen) atoms. The molecule has 0 aromatic heterocycles. The second-order valence-corrected chi connectivity index (χ2v) is 10.4. The van der Waals surface area contributed by atoms with Crippen LogP contribution in [0.3, 0.4) is 0 Å². The maximum atomic E-state index is 9.66. The minimum atomic E-state index is -0.117. The van der Waals surface area contributed by atoms with Gasteiger partial charge in [0.1, 0.15) is 17.1 Å². The predicted molar refractivity (Wildman–Crippen MR) is 143 cm³/mol. The van der Waals surface area contributed by atoms with Crippen LogP contribution < -0.4 is 4.74 Å². The molecule has 0 radical (unpaired) electrons. The van der Waals surface area contributed by atoms with Gasteiger partial charge in [0, 0.05) is 0 Å². The lowest BCUT2D eigenvalue weighted by Gasteiger charge is -2.35. The van der Waals surface area contributed by atoms with Crippen molar-refractivity contribution in [1.29, 1.82) is 0 Å². The minimum Gasteiger partial charge on any atom is -0.508 e. The van der Waals surface area contributed by atoms with Gasteiger partial charge in [0.05, 0.1) is 0 Å². The zero-order valence-electron chi connectivity index (χ0n) is 22.0. The second kappa shape index (κ2) is 13.5. The van der Waals surface area contributed by atoms with Crippen LogP contribution in [-0.4, -0.2) is 10.7 Å². The smallest absolute Gasteiger partial charge is 0.123 e. The first kappa shape index (κ1) is 27.0. The van der Waals surface area contributed by atoms with Crippen molar-refractivity contribution in [2.24, 2.45) is 0 Å². The van der Waals surface area contributed by atoms with Crippen LogP contribution in [0.25, 0.3) is 0 Å². The molecule has 1 heterocycles. The largest absolute Gasteiger partial charge is 0.508 e. The number of phenolic OH excluding ortho intramolecular Hbond substituents is 1. The highest BCUT2D eigenvalue weighted by Gasteiger charge is 2.30. The van der Waals surface area contributed by atoms with E-state index < -0.39 is 0 Å². The summed E-state index contributed by atoms with van der Waals surface area (Å²) in [5.41, 5.74) is 6.90. The zero-order chi connectivity index (χ0) is 24.3. The molecule has 1 N–H and O–H groups in total. The van der Waals surface area contributed by atoms with Gasteiger partial charge in [-0.1, -0.05) is 46.6 Å². The maximum absolute atomic E-state index is 9.66. The van der Waals surface area contributed by atoms with Gasteiger partial charge >= 0.3 is 0 Å². The topological polar surface area (TPSA) is 29.5 Å². The fourth-order valence-electron chi connectivity index (χ4n) is 4.36. The Morgan fingerprint density at radius 2 is 1.39 bits per heavy atom. The Labute approximate surface area is 203 Å². The van der Waals surface area contributed by atoms with E-state index in [0.717, 1.165) is 69.1 Å². The number of rotatable bonds is 12. The van der Waals surface area contributed by atoms with Crippen LogP contribution in [0.5, 0.6) is 11.5 Å². The van der Waals surface area contributed by atoms with E-state index in [0.29, 0.717) is 5.75 Å². The van der Waals surface area contributed by atoms with E-state index in [1.54, 1.807) is 6.07 Å². The molecule has 0 saturated heterocycles. The van der Waals surface area contributed by atoms with Crippen LogP contribution in [-0.2, 0) is 6.42 Å². The Hall–Kier alpha value is -2.22. The van der Waals surface area contributed by atoms with E-state index in [9.17, 15) is 5.11 Å². The van der Waals surface area contributed by atoms with Crippen molar-refractivity contribution < 1.29 is 9.84 Å². The number of hydrogen-bond acceptors (Lipinski definition) is 2. The molecule has 2 rings (SSSR count). The molecule has 1 aliphatic heterocycles. The molecule has 182 valence electrons. The summed E-state index contributed by atoms with van der Waals surface area (Å²) >= 11 is 0. The molecule has 2 nitrogen and oxygen atoms in total. The van der Waals surface area contributed by atoms with Crippen LogP contribution in [0.4, 0.5) is 0 Å². The standard InChI is InChI=1S/C31H46O2/c1-24(2)11-7-12-25(3)13-8-14-26(4)15-9-16-27(5)17-10-21-31(6)22-20-28-23-29(32)18-19-30(28)33-31/h11,13,15,17-19,23,32H,7-10,12,14,16,20-22H2,1-6H3/t31-/m0/s1. The Balaban J connectivity index is 1.68. The predicted octanol–water partition coefficient (Wildman–Crippen LogP) is 9.40. The Kier molecular flexibility index (Phi) is 11.0. The van der Waals surface area contributed by atoms with E-state index in [1.807, 2.05) is 12.1 Å². The number of aryl methyl sites for hydroxylation is 1. The summed E-state index contributed by atoms with van der Waals surface area (Å²) in [6, 6.07) is 5.45. The Morgan fingerprint density at radius 1 is 0.848 bits per heavy atom. The Bertz CT molecular complexity index is 880. The first-order valence-electron chi connectivity index (χ1n) is 12.8. The first-order valence-corrected chi connectivity index (χ1v) is 12.8. The maximum Gasteiger partial charge on any atom is 0.123 e. The van der Waals surface area contributed by atoms with E-state index in [4.69, 9.17) is 4.74 Å². The molecule has 0 saturated carbocycles. The quantitative estimate of drug-likeness (QED) is 0.321. The average molecular weight is 451 g/mol. The molecule has 1 aliphatic rings. The third-order valence-corrected chi connectivity index (χ3v) is 6.64. The van der Waals surface area contributed by atoms with Gasteiger partial charge in [-0.25, -0.2) is 0 Å². The monoisotopic (exact) mass is 450 g/mol. The van der Waals surface area contributed by atoms with E-state index in [-0.39, 0.29) is 5.60 Å². The molecule has 0 fully saturated rings. The van der Waals surface area contributed by atoms with Gasteiger partial charge in [0.25, 0.3) is 0 Å². The zero-order valence-corrected chi connectivity index (χ0v) is 22.0. The number of ether oxygens (including phenoxy) is 1. The van der Waals surface area contributed by atoms with E-state index in [1.165, 1.54) is 28.7 Å². The van der Waals surface area contributed by atoms with Gasteiger partial charge in [-0.2, -0.15) is 0 Å². The van der Waals surface area contributed by atoms with Crippen LogP contribution in [0.1, 0.15) is 105 Å². The molecule has 0 amide bonds. The first-order chi connectivity index (χ1) is 15.7. The molecule has 0 aliphatic carbocycles. The van der Waals surface area contributed by atoms with Gasteiger partial charge in [0.2, 0.25) is 0 Å². The van der Waals surface area contributed by atoms with Gasteiger partial charge in [-0.15, -0.1) is 0 Å². The summed E-state index contributed by atoms with van der Waals surface area (Å²) in [6.45, 7) is 13.3. The molecule has 1 aromatic carbocycles. The lowest BCUT2D eigenvalue weighted by molar-refractivity contribution is 0.0570. The highest BCUT2D eigenvalue weighted by molar-refractivity contribution is 5.41.